The number of carbonyl (C=O) groups excluding carboxylic acids is 1. The van der Waals surface area contributed by atoms with Crippen LogP contribution in [0.4, 0.5) is 17.3 Å². The predicted molar refractivity (Wildman–Crippen MR) is 103 cm³/mol. The lowest BCUT2D eigenvalue weighted by Crippen LogP contribution is -2.16. The monoisotopic (exact) mass is 396 g/mol. The van der Waals surface area contributed by atoms with Gasteiger partial charge in [-0.15, -0.1) is 0 Å². The second-order valence-corrected chi connectivity index (χ2v) is 6.45. The third kappa shape index (κ3) is 4.22. The van der Waals surface area contributed by atoms with E-state index in [0.717, 1.165) is 21.4 Å². The first-order chi connectivity index (χ1) is 12.0. The number of benzene rings is 2. The molecule has 0 aliphatic carbocycles. The number of aryl methyl sites for hydroxylation is 2. The summed E-state index contributed by atoms with van der Waals surface area (Å²) >= 11 is 3.47. The molecular formula is C19H17BrN4O. The molecule has 25 heavy (non-hydrogen) atoms. The average molecular weight is 397 g/mol. The molecule has 1 aromatic heterocycles. The summed E-state index contributed by atoms with van der Waals surface area (Å²) in [4.78, 5) is 21.2. The molecular weight excluding hydrogens is 380 g/mol. The molecule has 2 N–H and O–H groups in total. The van der Waals surface area contributed by atoms with Crippen molar-refractivity contribution in [3.8, 4) is 0 Å². The molecule has 0 atom stereocenters. The maximum Gasteiger partial charge on any atom is 0.274 e. The van der Waals surface area contributed by atoms with Gasteiger partial charge in [0.15, 0.2) is 0 Å². The van der Waals surface area contributed by atoms with Gasteiger partial charge in [-0.25, -0.2) is 9.97 Å². The standard InChI is InChI=1S/C19H17BrN4O/c1-12-7-3-5-9-15(12)22-18(25)17-11-13(2)21-19(24-17)23-16-10-6-4-8-14(16)20/h3-11H,1-2H3,(H,22,25)(H,21,23,24). The molecule has 3 aromatic rings. The summed E-state index contributed by atoms with van der Waals surface area (Å²) in [7, 11) is 0. The predicted octanol–water partition coefficient (Wildman–Crippen LogP) is 4.85. The highest BCUT2D eigenvalue weighted by Gasteiger charge is 2.12. The fraction of sp³-hybridized carbons (Fsp3) is 0.105. The molecule has 0 unspecified atom stereocenters. The molecule has 0 saturated heterocycles. The highest BCUT2D eigenvalue weighted by molar-refractivity contribution is 9.10. The minimum absolute atomic E-state index is 0.269. The number of para-hydroxylation sites is 2. The number of nitrogens with one attached hydrogen (secondary N) is 2. The number of amides is 1. The van der Waals surface area contributed by atoms with E-state index in [1.54, 1.807) is 6.07 Å². The summed E-state index contributed by atoms with van der Waals surface area (Å²) in [6.45, 7) is 3.78. The number of anilines is 3. The largest absolute Gasteiger partial charge is 0.323 e. The molecule has 2 aromatic carbocycles. The Balaban J connectivity index is 1.85. The maximum absolute atomic E-state index is 12.6. The molecule has 1 amide bonds. The van der Waals surface area contributed by atoms with E-state index in [2.05, 4.69) is 36.5 Å². The normalized spacial score (nSPS) is 10.4. The quantitative estimate of drug-likeness (QED) is 0.661. The van der Waals surface area contributed by atoms with Crippen molar-refractivity contribution in [3.63, 3.8) is 0 Å². The van der Waals surface area contributed by atoms with Gasteiger partial charge >= 0.3 is 0 Å². The third-order valence-electron chi connectivity index (χ3n) is 3.60. The number of halogens is 1. The third-order valence-corrected chi connectivity index (χ3v) is 4.29. The second-order valence-electron chi connectivity index (χ2n) is 5.59. The van der Waals surface area contributed by atoms with Crippen molar-refractivity contribution >= 4 is 39.2 Å². The topological polar surface area (TPSA) is 66.9 Å². The molecule has 0 aliphatic heterocycles. The van der Waals surface area contributed by atoms with Crippen molar-refractivity contribution in [2.24, 2.45) is 0 Å². The first-order valence-corrected chi connectivity index (χ1v) is 8.56. The molecule has 6 heteroatoms. The minimum Gasteiger partial charge on any atom is -0.323 e. The Morgan fingerprint density at radius 1 is 0.960 bits per heavy atom. The zero-order valence-electron chi connectivity index (χ0n) is 13.9. The average Bonchev–Trinajstić information content (AvgIpc) is 2.58. The van der Waals surface area contributed by atoms with E-state index < -0.39 is 0 Å². The summed E-state index contributed by atoms with van der Waals surface area (Å²) < 4.78 is 0.894. The van der Waals surface area contributed by atoms with Gasteiger partial charge in [0.05, 0.1) is 5.69 Å². The van der Waals surface area contributed by atoms with E-state index in [0.29, 0.717) is 17.3 Å². The number of hydrogen-bond acceptors (Lipinski definition) is 4. The smallest absolute Gasteiger partial charge is 0.274 e. The number of carbonyl (C=O) groups is 1. The van der Waals surface area contributed by atoms with Gasteiger partial charge in [0.1, 0.15) is 5.69 Å². The van der Waals surface area contributed by atoms with Gasteiger partial charge in [-0.2, -0.15) is 0 Å². The van der Waals surface area contributed by atoms with Crippen LogP contribution in [0.15, 0.2) is 59.1 Å². The van der Waals surface area contributed by atoms with E-state index in [1.165, 1.54) is 0 Å². The molecule has 3 rings (SSSR count). The highest BCUT2D eigenvalue weighted by Crippen LogP contribution is 2.24. The summed E-state index contributed by atoms with van der Waals surface area (Å²) in [5.41, 5.74) is 3.61. The maximum atomic E-state index is 12.6. The van der Waals surface area contributed by atoms with Gasteiger partial charge < -0.3 is 10.6 Å². The molecule has 126 valence electrons. The van der Waals surface area contributed by atoms with Crippen LogP contribution in [-0.2, 0) is 0 Å². The Kier molecular flexibility index (Phi) is 5.09. The molecule has 0 spiro atoms. The zero-order chi connectivity index (χ0) is 17.8. The van der Waals surface area contributed by atoms with E-state index in [-0.39, 0.29) is 5.91 Å². The van der Waals surface area contributed by atoms with Crippen molar-refractivity contribution in [1.29, 1.82) is 0 Å². The van der Waals surface area contributed by atoms with Gasteiger partial charge in [0, 0.05) is 15.9 Å². The molecule has 0 aliphatic rings. The summed E-state index contributed by atoms with van der Waals surface area (Å²) in [6, 6.07) is 16.9. The number of aromatic nitrogens is 2. The van der Waals surface area contributed by atoms with Gasteiger partial charge in [-0.3, -0.25) is 4.79 Å². The Morgan fingerprint density at radius 2 is 1.64 bits per heavy atom. The van der Waals surface area contributed by atoms with Crippen LogP contribution in [0.1, 0.15) is 21.7 Å². The number of hydrogen-bond donors (Lipinski definition) is 2. The van der Waals surface area contributed by atoms with Crippen molar-refractivity contribution < 1.29 is 4.79 Å². The fourth-order valence-corrected chi connectivity index (χ4v) is 2.71. The van der Waals surface area contributed by atoms with Crippen LogP contribution in [0, 0.1) is 13.8 Å². The summed E-state index contributed by atoms with van der Waals surface area (Å²) in [5, 5.41) is 6.02. The first kappa shape index (κ1) is 17.1. The van der Waals surface area contributed by atoms with Crippen molar-refractivity contribution in [2.75, 3.05) is 10.6 Å². The van der Waals surface area contributed by atoms with Crippen LogP contribution in [0.3, 0.4) is 0 Å². The Morgan fingerprint density at radius 3 is 2.36 bits per heavy atom. The Labute approximate surface area is 154 Å². The Hall–Kier alpha value is -2.73. The zero-order valence-corrected chi connectivity index (χ0v) is 15.5. The van der Waals surface area contributed by atoms with E-state index in [1.807, 2.05) is 62.4 Å². The van der Waals surface area contributed by atoms with Crippen molar-refractivity contribution in [3.05, 3.63) is 76.0 Å². The van der Waals surface area contributed by atoms with Crippen LogP contribution in [-0.4, -0.2) is 15.9 Å². The Bertz CT molecular complexity index is 927. The van der Waals surface area contributed by atoms with E-state index in [4.69, 9.17) is 0 Å². The van der Waals surface area contributed by atoms with Crippen LogP contribution in [0.2, 0.25) is 0 Å². The first-order valence-electron chi connectivity index (χ1n) is 7.77. The highest BCUT2D eigenvalue weighted by atomic mass is 79.9. The number of nitrogens with zero attached hydrogens (tertiary/aromatic N) is 2. The van der Waals surface area contributed by atoms with Crippen LogP contribution in [0.25, 0.3) is 0 Å². The van der Waals surface area contributed by atoms with Gasteiger partial charge in [-0.1, -0.05) is 30.3 Å². The summed E-state index contributed by atoms with van der Waals surface area (Å²) in [6.07, 6.45) is 0. The lowest BCUT2D eigenvalue weighted by Gasteiger charge is -2.11. The van der Waals surface area contributed by atoms with E-state index in [9.17, 15) is 4.79 Å². The van der Waals surface area contributed by atoms with Gasteiger partial charge in [0.25, 0.3) is 5.91 Å². The van der Waals surface area contributed by atoms with Crippen LogP contribution < -0.4 is 10.6 Å². The van der Waals surface area contributed by atoms with Gasteiger partial charge in [-0.05, 0) is 59.6 Å². The van der Waals surface area contributed by atoms with Crippen molar-refractivity contribution in [1.82, 2.24) is 9.97 Å². The molecule has 0 radical (unpaired) electrons. The molecule has 0 bridgehead atoms. The van der Waals surface area contributed by atoms with Crippen LogP contribution in [0.5, 0.6) is 0 Å². The minimum atomic E-state index is -0.269. The lowest BCUT2D eigenvalue weighted by molar-refractivity contribution is 0.102. The van der Waals surface area contributed by atoms with Crippen molar-refractivity contribution in [2.45, 2.75) is 13.8 Å². The lowest BCUT2D eigenvalue weighted by atomic mass is 10.2. The SMILES string of the molecule is Cc1cc(C(=O)Nc2ccccc2C)nc(Nc2ccccc2Br)n1. The van der Waals surface area contributed by atoms with E-state index >= 15 is 0 Å². The molecule has 0 fully saturated rings. The second kappa shape index (κ2) is 7.44. The fourth-order valence-electron chi connectivity index (χ4n) is 2.32. The molecule has 0 saturated carbocycles. The van der Waals surface area contributed by atoms with Crippen LogP contribution >= 0.6 is 15.9 Å². The number of rotatable bonds is 4. The molecule has 5 nitrogen and oxygen atoms in total. The van der Waals surface area contributed by atoms with Gasteiger partial charge in [0.2, 0.25) is 5.95 Å². The molecule has 1 heterocycles. The summed E-state index contributed by atoms with van der Waals surface area (Å²) in [5.74, 6) is 0.108.